The van der Waals surface area contributed by atoms with Crippen LogP contribution < -0.4 is 5.32 Å². The van der Waals surface area contributed by atoms with Crippen LogP contribution in [0.4, 0.5) is 0 Å². The first-order chi connectivity index (χ1) is 16.1. The normalized spacial score (nSPS) is 17.7. The quantitative estimate of drug-likeness (QED) is 0.407. The molecule has 1 saturated heterocycles. The van der Waals surface area contributed by atoms with Crippen molar-refractivity contribution in [2.24, 2.45) is 0 Å². The molecule has 0 bridgehead atoms. The summed E-state index contributed by atoms with van der Waals surface area (Å²) in [6.07, 6.45) is 3.52. The van der Waals surface area contributed by atoms with E-state index in [0.29, 0.717) is 17.4 Å². The van der Waals surface area contributed by atoms with Gasteiger partial charge in [0, 0.05) is 18.0 Å². The molecule has 33 heavy (non-hydrogen) atoms. The van der Waals surface area contributed by atoms with Crippen LogP contribution in [0.3, 0.4) is 0 Å². The van der Waals surface area contributed by atoms with Gasteiger partial charge in [-0.3, -0.25) is 9.97 Å². The van der Waals surface area contributed by atoms with E-state index in [1.54, 1.807) is 36.7 Å². The molecule has 5 rings (SSSR count). The highest BCUT2D eigenvalue weighted by atomic mass is 32.1. The van der Waals surface area contributed by atoms with Crippen LogP contribution in [0, 0.1) is 0 Å². The smallest absolute Gasteiger partial charge is 0.335 e. The standard InChI is InChI=1S/C25H20N4O3S/c30-24(31)17-9-7-16(8-10-17)20-11-12-21(32-20)23-22(19-6-2-4-14-27-19)28-25(33)29(23)15-18-5-1-3-13-26-18/h1-14,22-23H,15H2,(H,28,33)(H,30,31). The molecular weight excluding hydrogens is 436 g/mol. The summed E-state index contributed by atoms with van der Waals surface area (Å²) in [6, 6.07) is 21.6. The van der Waals surface area contributed by atoms with E-state index in [1.807, 2.05) is 48.5 Å². The Morgan fingerprint density at radius 3 is 2.42 bits per heavy atom. The Kier molecular flexibility index (Phi) is 5.58. The van der Waals surface area contributed by atoms with E-state index in [2.05, 4.69) is 20.2 Å². The van der Waals surface area contributed by atoms with Crippen LogP contribution in [0.25, 0.3) is 11.3 Å². The number of nitrogens with one attached hydrogen (secondary N) is 1. The first-order valence-electron chi connectivity index (χ1n) is 10.4. The number of aromatic nitrogens is 2. The van der Waals surface area contributed by atoms with Gasteiger partial charge in [-0.2, -0.15) is 0 Å². The number of carbonyl (C=O) groups is 1. The lowest BCUT2D eigenvalue weighted by Gasteiger charge is -2.25. The fraction of sp³-hybridized carbons (Fsp3) is 0.120. The topological polar surface area (TPSA) is 91.5 Å². The van der Waals surface area contributed by atoms with Crippen LogP contribution >= 0.6 is 12.2 Å². The highest BCUT2D eigenvalue weighted by molar-refractivity contribution is 7.80. The van der Waals surface area contributed by atoms with Crippen molar-refractivity contribution in [3.8, 4) is 11.3 Å². The van der Waals surface area contributed by atoms with Gasteiger partial charge in [0.25, 0.3) is 0 Å². The maximum atomic E-state index is 11.2. The van der Waals surface area contributed by atoms with E-state index in [0.717, 1.165) is 22.7 Å². The molecule has 2 N–H and O–H groups in total. The summed E-state index contributed by atoms with van der Waals surface area (Å²) in [5.41, 5.74) is 2.78. The molecule has 164 valence electrons. The van der Waals surface area contributed by atoms with Crippen LogP contribution in [0.5, 0.6) is 0 Å². The van der Waals surface area contributed by atoms with Crippen LogP contribution in [0.15, 0.2) is 89.6 Å². The van der Waals surface area contributed by atoms with Crippen LogP contribution in [-0.2, 0) is 6.54 Å². The van der Waals surface area contributed by atoms with Crippen molar-refractivity contribution >= 4 is 23.3 Å². The number of benzene rings is 1. The van der Waals surface area contributed by atoms with Gasteiger partial charge in [0.05, 0.1) is 29.5 Å². The van der Waals surface area contributed by atoms with E-state index in [1.165, 1.54) is 0 Å². The van der Waals surface area contributed by atoms with Crippen molar-refractivity contribution in [1.82, 2.24) is 20.2 Å². The van der Waals surface area contributed by atoms with E-state index in [9.17, 15) is 4.79 Å². The number of furan rings is 1. The third-order valence-corrected chi connectivity index (χ3v) is 5.94. The van der Waals surface area contributed by atoms with Crippen LogP contribution in [-0.4, -0.2) is 31.1 Å². The monoisotopic (exact) mass is 456 g/mol. The maximum absolute atomic E-state index is 11.2. The molecule has 2 unspecified atom stereocenters. The molecular formula is C25H20N4O3S. The van der Waals surface area contributed by atoms with E-state index in [-0.39, 0.29) is 17.6 Å². The zero-order chi connectivity index (χ0) is 22.8. The second-order valence-electron chi connectivity index (χ2n) is 7.66. The first-order valence-corrected chi connectivity index (χ1v) is 10.8. The van der Waals surface area contributed by atoms with E-state index in [4.69, 9.17) is 21.7 Å². The highest BCUT2D eigenvalue weighted by Gasteiger charge is 2.41. The van der Waals surface area contributed by atoms with Gasteiger partial charge in [-0.1, -0.05) is 24.3 Å². The van der Waals surface area contributed by atoms with Gasteiger partial charge in [0.2, 0.25) is 0 Å². The molecule has 1 fully saturated rings. The lowest BCUT2D eigenvalue weighted by Crippen LogP contribution is -2.29. The second-order valence-corrected chi connectivity index (χ2v) is 8.05. The van der Waals surface area contributed by atoms with E-state index >= 15 is 0 Å². The third kappa shape index (κ3) is 4.20. The largest absolute Gasteiger partial charge is 0.478 e. The Labute approximate surface area is 195 Å². The molecule has 3 aromatic heterocycles. The number of thiocarbonyl (C=S) groups is 1. The number of aromatic carboxylic acids is 1. The van der Waals surface area contributed by atoms with Gasteiger partial charge in [-0.15, -0.1) is 0 Å². The SMILES string of the molecule is O=C(O)c1ccc(-c2ccc(C3C(c4ccccn4)NC(=S)N3Cc3ccccn3)o2)cc1. The molecule has 0 radical (unpaired) electrons. The molecule has 0 amide bonds. The fourth-order valence-electron chi connectivity index (χ4n) is 3.99. The second kappa shape index (κ2) is 8.84. The number of hydrogen-bond acceptors (Lipinski definition) is 5. The number of nitrogens with zero attached hydrogens (tertiary/aromatic N) is 3. The van der Waals surface area contributed by atoms with E-state index < -0.39 is 5.97 Å². The Morgan fingerprint density at radius 2 is 1.76 bits per heavy atom. The summed E-state index contributed by atoms with van der Waals surface area (Å²) >= 11 is 5.69. The molecule has 8 heteroatoms. The summed E-state index contributed by atoms with van der Waals surface area (Å²) in [4.78, 5) is 22.2. The van der Waals surface area contributed by atoms with Gasteiger partial charge in [-0.25, -0.2) is 4.79 Å². The van der Waals surface area contributed by atoms with Crippen molar-refractivity contribution in [2.45, 2.75) is 18.6 Å². The molecule has 4 heterocycles. The van der Waals surface area contributed by atoms with Crippen molar-refractivity contribution in [2.75, 3.05) is 0 Å². The molecule has 2 atom stereocenters. The van der Waals surface area contributed by atoms with Crippen LogP contribution in [0.1, 0.15) is 39.6 Å². The summed E-state index contributed by atoms with van der Waals surface area (Å²) < 4.78 is 6.29. The zero-order valence-corrected chi connectivity index (χ0v) is 18.3. The fourth-order valence-corrected chi connectivity index (χ4v) is 4.30. The van der Waals surface area contributed by atoms with Gasteiger partial charge < -0.3 is 19.7 Å². The molecule has 0 aliphatic carbocycles. The lowest BCUT2D eigenvalue weighted by atomic mass is 10.0. The van der Waals surface area contributed by atoms with Crippen LogP contribution in [0.2, 0.25) is 0 Å². The Balaban J connectivity index is 1.51. The maximum Gasteiger partial charge on any atom is 0.335 e. The van der Waals surface area contributed by atoms with Gasteiger partial charge in [0.15, 0.2) is 5.11 Å². The number of hydrogen-bond donors (Lipinski definition) is 2. The average Bonchev–Trinajstić information content (AvgIpc) is 3.45. The minimum Gasteiger partial charge on any atom is -0.478 e. The molecule has 0 spiro atoms. The molecule has 0 saturated carbocycles. The minimum absolute atomic E-state index is 0.198. The molecule has 1 aliphatic heterocycles. The highest BCUT2D eigenvalue weighted by Crippen LogP contribution is 2.41. The van der Waals surface area contributed by atoms with Crippen molar-refractivity contribution in [3.05, 3.63) is 108 Å². The Hall–Kier alpha value is -4.04. The predicted molar refractivity (Wildman–Crippen MR) is 126 cm³/mol. The first kappa shape index (κ1) is 20.8. The molecule has 7 nitrogen and oxygen atoms in total. The zero-order valence-electron chi connectivity index (χ0n) is 17.5. The molecule has 1 aliphatic rings. The number of rotatable bonds is 6. The minimum atomic E-state index is -0.962. The Morgan fingerprint density at radius 1 is 1.00 bits per heavy atom. The predicted octanol–water partition coefficient (Wildman–Crippen LogP) is 4.61. The van der Waals surface area contributed by atoms with Gasteiger partial charge in [-0.05, 0) is 60.7 Å². The Bertz CT molecular complexity index is 1280. The summed E-state index contributed by atoms with van der Waals surface area (Å²) in [5.74, 6) is 0.416. The van der Waals surface area contributed by atoms with Gasteiger partial charge in [0.1, 0.15) is 17.6 Å². The van der Waals surface area contributed by atoms with Crippen molar-refractivity contribution in [3.63, 3.8) is 0 Å². The number of carboxylic acid groups (broad SMARTS) is 1. The van der Waals surface area contributed by atoms with Gasteiger partial charge >= 0.3 is 5.97 Å². The summed E-state index contributed by atoms with van der Waals surface area (Å²) in [5, 5.41) is 13.1. The van der Waals surface area contributed by atoms with Crippen molar-refractivity contribution in [1.29, 1.82) is 0 Å². The average molecular weight is 457 g/mol. The molecule has 4 aromatic rings. The third-order valence-electron chi connectivity index (χ3n) is 5.59. The summed E-state index contributed by atoms with van der Waals surface area (Å²) in [7, 11) is 0. The number of pyridine rings is 2. The molecule has 1 aromatic carbocycles. The van der Waals surface area contributed by atoms with Crippen molar-refractivity contribution < 1.29 is 14.3 Å². The number of carboxylic acids is 1. The summed E-state index contributed by atoms with van der Waals surface area (Å²) in [6.45, 7) is 0.518. The lowest BCUT2D eigenvalue weighted by molar-refractivity contribution is 0.0697.